The second kappa shape index (κ2) is 8.39. The Balaban J connectivity index is 1.79. The van der Waals surface area contributed by atoms with Gasteiger partial charge in [0, 0.05) is 24.4 Å². The molecule has 1 saturated heterocycles. The number of hydrogen-bond acceptors (Lipinski definition) is 3. The highest BCUT2D eigenvalue weighted by atomic mass is 32.2. The molecule has 0 bridgehead atoms. The molecule has 4 nitrogen and oxygen atoms in total. The van der Waals surface area contributed by atoms with Crippen LogP contribution in [0.2, 0.25) is 0 Å². The molecule has 1 unspecified atom stereocenters. The Morgan fingerprint density at radius 1 is 1.26 bits per heavy atom. The molecule has 1 heterocycles. The zero-order valence-corrected chi connectivity index (χ0v) is 14.6. The molecular weight excluding hydrogens is 310 g/mol. The minimum absolute atomic E-state index is 0.0896. The van der Waals surface area contributed by atoms with Gasteiger partial charge in [-0.2, -0.15) is 0 Å². The fourth-order valence-electron chi connectivity index (χ4n) is 2.90. The standard InChI is InChI=1S/C18H25NO3S/c1-13-3-6-16(7-4-13)23-14(2)18(22)19-11-9-15(10-12-19)5-8-17(20)21/h3-4,6-7,14-15H,5,8-12H2,1-2H3,(H,20,21). The second-order valence-electron chi connectivity index (χ2n) is 6.27. The minimum Gasteiger partial charge on any atom is -0.481 e. The SMILES string of the molecule is Cc1ccc(SC(C)C(=O)N2CCC(CCC(=O)O)CC2)cc1. The van der Waals surface area contributed by atoms with Crippen LogP contribution in [0.25, 0.3) is 0 Å². The number of carbonyl (C=O) groups excluding carboxylic acids is 1. The first-order chi connectivity index (χ1) is 11.0. The van der Waals surface area contributed by atoms with Crippen molar-refractivity contribution < 1.29 is 14.7 Å². The van der Waals surface area contributed by atoms with E-state index in [2.05, 4.69) is 31.2 Å². The molecular formula is C18H25NO3S. The summed E-state index contributed by atoms with van der Waals surface area (Å²) in [6.07, 6.45) is 2.80. The highest BCUT2D eigenvalue weighted by Crippen LogP contribution is 2.27. The summed E-state index contributed by atoms with van der Waals surface area (Å²) in [6.45, 7) is 5.52. The summed E-state index contributed by atoms with van der Waals surface area (Å²) >= 11 is 1.60. The molecule has 2 rings (SSSR count). The Kier molecular flexibility index (Phi) is 6.51. The number of aryl methyl sites for hydroxylation is 1. The van der Waals surface area contributed by atoms with Crippen molar-refractivity contribution in [1.29, 1.82) is 0 Å². The first-order valence-corrected chi connectivity index (χ1v) is 9.07. The van der Waals surface area contributed by atoms with E-state index in [1.165, 1.54) is 5.56 Å². The first-order valence-electron chi connectivity index (χ1n) is 8.19. The van der Waals surface area contributed by atoms with Crippen molar-refractivity contribution in [3.63, 3.8) is 0 Å². The van der Waals surface area contributed by atoms with Gasteiger partial charge in [-0.1, -0.05) is 17.7 Å². The van der Waals surface area contributed by atoms with E-state index < -0.39 is 5.97 Å². The molecule has 5 heteroatoms. The maximum atomic E-state index is 12.6. The van der Waals surface area contributed by atoms with Crippen molar-refractivity contribution in [2.45, 2.75) is 49.7 Å². The number of carbonyl (C=O) groups is 2. The number of nitrogens with zero attached hydrogens (tertiary/aromatic N) is 1. The Bertz CT molecular complexity index is 536. The van der Waals surface area contributed by atoms with Crippen LogP contribution in [0.15, 0.2) is 29.2 Å². The van der Waals surface area contributed by atoms with Crippen molar-refractivity contribution in [3.05, 3.63) is 29.8 Å². The van der Waals surface area contributed by atoms with Gasteiger partial charge in [0.25, 0.3) is 0 Å². The van der Waals surface area contributed by atoms with Gasteiger partial charge in [-0.15, -0.1) is 11.8 Å². The molecule has 1 aromatic carbocycles. The average molecular weight is 335 g/mol. The highest BCUT2D eigenvalue weighted by Gasteiger charge is 2.26. The summed E-state index contributed by atoms with van der Waals surface area (Å²) in [5.41, 5.74) is 1.22. The predicted octanol–water partition coefficient (Wildman–Crippen LogP) is 3.58. The van der Waals surface area contributed by atoms with Gasteiger partial charge in [-0.3, -0.25) is 9.59 Å². The predicted molar refractivity (Wildman–Crippen MR) is 92.7 cm³/mol. The number of piperidine rings is 1. The Morgan fingerprint density at radius 2 is 1.87 bits per heavy atom. The van der Waals surface area contributed by atoms with E-state index in [1.54, 1.807) is 11.8 Å². The largest absolute Gasteiger partial charge is 0.481 e. The lowest BCUT2D eigenvalue weighted by Gasteiger charge is -2.33. The molecule has 0 spiro atoms. The lowest BCUT2D eigenvalue weighted by Crippen LogP contribution is -2.42. The molecule has 0 radical (unpaired) electrons. The lowest BCUT2D eigenvalue weighted by molar-refractivity contribution is -0.138. The van der Waals surface area contributed by atoms with Crippen molar-refractivity contribution in [2.75, 3.05) is 13.1 Å². The van der Waals surface area contributed by atoms with E-state index in [-0.39, 0.29) is 17.6 Å². The maximum Gasteiger partial charge on any atom is 0.303 e. The molecule has 1 amide bonds. The third-order valence-corrected chi connectivity index (χ3v) is 5.47. The van der Waals surface area contributed by atoms with E-state index in [1.807, 2.05) is 11.8 Å². The summed E-state index contributed by atoms with van der Waals surface area (Å²) in [7, 11) is 0. The Morgan fingerprint density at radius 3 is 2.43 bits per heavy atom. The topological polar surface area (TPSA) is 57.6 Å². The fourth-order valence-corrected chi connectivity index (χ4v) is 3.85. The van der Waals surface area contributed by atoms with Crippen LogP contribution in [-0.2, 0) is 9.59 Å². The first kappa shape index (κ1) is 17.9. The molecule has 0 aliphatic carbocycles. The van der Waals surface area contributed by atoms with E-state index in [0.29, 0.717) is 5.92 Å². The lowest BCUT2D eigenvalue weighted by atomic mass is 9.92. The van der Waals surface area contributed by atoms with Gasteiger partial charge in [-0.25, -0.2) is 0 Å². The normalized spacial score (nSPS) is 17.0. The van der Waals surface area contributed by atoms with Crippen LogP contribution < -0.4 is 0 Å². The van der Waals surface area contributed by atoms with E-state index in [0.717, 1.165) is 37.2 Å². The molecule has 1 N–H and O–H groups in total. The molecule has 0 aromatic heterocycles. The number of aliphatic carboxylic acids is 1. The number of benzene rings is 1. The zero-order chi connectivity index (χ0) is 16.8. The monoisotopic (exact) mass is 335 g/mol. The molecule has 0 saturated carbocycles. The van der Waals surface area contributed by atoms with Crippen molar-refractivity contribution >= 4 is 23.6 Å². The molecule has 1 aliphatic heterocycles. The summed E-state index contributed by atoms with van der Waals surface area (Å²) in [5.74, 6) is -0.103. The van der Waals surface area contributed by atoms with E-state index in [9.17, 15) is 9.59 Å². The van der Waals surface area contributed by atoms with E-state index in [4.69, 9.17) is 5.11 Å². The van der Waals surface area contributed by atoms with Crippen LogP contribution in [0, 0.1) is 12.8 Å². The zero-order valence-electron chi connectivity index (χ0n) is 13.8. The summed E-state index contributed by atoms with van der Waals surface area (Å²) < 4.78 is 0. The van der Waals surface area contributed by atoms with Gasteiger partial charge in [0.1, 0.15) is 0 Å². The van der Waals surface area contributed by atoms with E-state index >= 15 is 0 Å². The van der Waals surface area contributed by atoms with Gasteiger partial charge < -0.3 is 10.0 Å². The Labute approximate surface area is 142 Å². The molecule has 23 heavy (non-hydrogen) atoms. The van der Waals surface area contributed by atoms with Crippen LogP contribution in [0.1, 0.15) is 38.2 Å². The summed E-state index contributed by atoms with van der Waals surface area (Å²) in [4.78, 5) is 26.2. The quantitative estimate of drug-likeness (QED) is 0.807. The second-order valence-corrected chi connectivity index (χ2v) is 7.69. The van der Waals surface area contributed by atoms with Crippen LogP contribution in [0.3, 0.4) is 0 Å². The number of thioether (sulfide) groups is 1. The molecule has 126 valence electrons. The number of amides is 1. The van der Waals surface area contributed by atoms with Crippen LogP contribution in [-0.4, -0.2) is 40.2 Å². The van der Waals surface area contributed by atoms with Crippen molar-refractivity contribution in [2.24, 2.45) is 5.92 Å². The van der Waals surface area contributed by atoms with Gasteiger partial charge >= 0.3 is 5.97 Å². The third-order valence-electron chi connectivity index (χ3n) is 4.37. The third kappa shape index (κ3) is 5.57. The smallest absolute Gasteiger partial charge is 0.303 e. The molecule has 1 atom stereocenters. The summed E-state index contributed by atoms with van der Waals surface area (Å²) in [5, 5.41) is 8.66. The highest BCUT2D eigenvalue weighted by molar-refractivity contribution is 8.00. The molecule has 1 aromatic rings. The van der Waals surface area contributed by atoms with Gasteiger partial charge in [0.15, 0.2) is 0 Å². The van der Waals surface area contributed by atoms with Crippen LogP contribution >= 0.6 is 11.8 Å². The van der Waals surface area contributed by atoms with Gasteiger partial charge in [0.05, 0.1) is 5.25 Å². The van der Waals surface area contributed by atoms with Crippen molar-refractivity contribution in [1.82, 2.24) is 4.90 Å². The number of hydrogen-bond donors (Lipinski definition) is 1. The molecule has 1 aliphatic rings. The number of rotatable bonds is 6. The number of carboxylic acids is 1. The minimum atomic E-state index is -0.730. The maximum absolute atomic E-state index is 12.6. The van der Waals surface area contributed by atoms with Crippen LogP contribution in [0.5, 0.6) is 0 Å². The van der Waals surface area contributed by atoms with Gasteiger partial charge in [0.2, 0.25) is 5.91 Å². The van der Waals surface area contributed by atoms with Crippen LogP contribution in [0.4, 0.5) is 0 Å². The summed E-state index contributed by atoms with van der Waals surface area (Å²) in [6, 6.07) is 8.24. The van der Waals surface area contributed by atoms with Crippen molar-refractivity contribution in [3.8, 4) is 0 Å². The van der Waals surface area contributed by atoms with Gasteiger partial charge in [-0.05, 0) is 51.2 Å². The Hall–Kier alpha value is -1.49. The number of likely N-dealkylation sites (tertiary alicyclic amines) is 1. The number of carboxylic acid groups (broad SMARTS) is 1. The average Bonchev–Trinajstić information content (AvgIpc) is 2.55. The molecule has 1 fully saturated rings. The fraction of sp³-hybridized carbons (Fsp3) is 0.556.